The summed E-state index contributed by atoms with van der Waals surface area (Å²) in [4.78, 5) is 14.2. The molecule has 0 unspecified atom stereocenters. The van der Waals surface area contributed by atoms with Crippen molar-refractivity contribution in [3.63, 3.8) is 0 Å². The third-order valence-electron chi connectivity index (χ3n) is 4.45. The summed E-state index contributed by atoms with van der Waals surface area (Å²) in [5, 5.41) is 0. The number of rotatable bonds is 2. The summed E-state index contributed by atoms with van der Waals surface area (Å²) in [6.07, 6.45) is 0.716. The lowest BCUT2D eigenvalue weighted by molar-refractivity contribution is -0.123. The molecule has 0 aliphatic carbocycles. The van der Waals surface area contributed by atoms with Gasteiger partial charge < -0.3 is 0 Å². The van der Waals surface area contributed by atoms with Gasteiger partial charge in [0.15, 0.2) is 0 Å². The molecule has 1 saturated heterocycles. The first-order chi connectivity index (χ1) is 9.70. The van der Waals surface area contributed by atoms with E-state index in [0.717, 1.165) is 12.6 Å². The lowest BCUT2D eigenvalue weighted by atomic mass is 9.77. The monoisotopic (exact) mass is 295 g/mol. The fourth-order valence-corrected chi connectivity index (χ4v) is 3.17. The summed E-state index contributed by atoms with van der Waals surface area (Å²) in [6, 6.07) is 3.66. The predicted molar refractivity (Wildman–Crippen MR) is 79.2 cm³/mol. The molecule has 0 amide bonds. The van der Waals surface area contributed by atoms with Crippen molar-refractivity contribution in [1.29, 1.82) is 0 Å². The first-order valence-corrected chi connectivity index (χ1v) is 7.40. The zero-order chi connectivity index (χ0) is 15.8. The molecular weight excluding hydrogens is 272 g/mol. The van der Waals surface area contributed by atoms with Crippen molar-refractivity contribution < 1.29 is 13.6 Å². The Labute approximate surface area is 125 Å². The Kier molecular flexibility index (Phi) is 4.47. The number of piperidine rings is 1. The van der Waals surface area contributed by atoms with Gasteiger partial charge in [-0.3, -0.25) is 9.69 Å². The Morgan fingerprint density at radius 3 is 2.48 bits per heavy atom. The van der Waals surface area contributed by atoms with Crippen LogP contribution in [0.2, 0.25) is 0 Å². The summed E-state index contributed by atoms with van der Waals surface area (Å²) in [7, 11) is 0. The highest BCUT2D eigenvalue weighted by molar-refractivity contribution is 5.79. The Morgan fingerprint density at radius 2 is 1.95 bits per heavy atom. The van der Waals surface area contributed by atoms with Crippen LogP contribution >= 0.6 is 0 Å². The quantitative estimate of drug-likeness (QED) is 0.828. The first kappa shape index (κ1) is 16.1. The maximum Gasteiger partial charge on any atom is 0.133 e. The largest absolute Gasteiger partial charge is 0.300 e. The van der Waals surface area contributed by atoms with Gasteiger partial charge in [0.05, 0.1) is 0 Å². The van der Waals surface area contributed by atoms with E-state index >= 15 is 0 Å². The fourth-order valence-electron chi connectivity index (χ4n) is 3.17. The number of halogens is 2. The minimum absolute atomic E-state index is 0.0312. The second-order valence-electron chi connectivity index (χ2n) is 6.89. The van der Waals surface area contributed by atoms with Crippen LogP contribution in [0, 0.1) is 17.6 Å². The summed E-state index contributed by atoms with van der Waals surface area (Å²) in [6.45, 7) is 9.34. The van der Waals surface area contributed by atoms with Crippen molar-refractivity contribution >= 4 is 5.78 Å². The van der Waals surface area contributed by atoms with E-state index in [1.807, 2.05) is 0 Å². The molecule has 1 aromatic rings. The van der Waals surface area contributed by atoms with Gasteiger partial charge >= 0.3 is 0 Å². The van der Waals surface area contributed by atoms with Crippen molar-refractivity contribution in [2.45, 2.75) is 45.6 Å². The number of hydrogen-bond acceptors (Lipinski definition) is 2. The smallest absolute Gasteiger partial charge is 0.133 e. The molecular formula is C17H23F2NO. The molecule has 2 atom stereocenters. The second-order valence-corrected chi connectivity index (χ2v) is 6.89. The van der Waals surface area contributed by atoms with Gasteiger partial charge in [0, 0.05) is 30.0 Å². The molecule has 2 rings (SSSR count). The van der Waals surface area contributed by atoms with Crippen LogP contribution in [0.4, 0.5) is 8.78 Å². The molecule has 0 aromatic heterocycles. The van der Waals surface area contributed by atoms with Crippen LogP contribution in [0.25, 0.3) is 0 Å². The van der Waals surface area contributed by atoms with Crippen molar-refractivity contribution in [2.75, 3.05) is 13.1 Å². The highest BCUT2D eigenvalue weighted by Gasteiger charge is 2.37. The number of benzene rings is 1. The minimum Gasteiger partial charge on any atom is -0.300 e. The van der Waals surface area contributed by atoms with E-state index in [9.17, 15) is 13.6 Å². The Hall–Kier alpha value is -1.29. The van der Waals surface area contributed by atoms with Crippen molar-refractivity contribution in [2.24, 2.45) is 5.92 Å². The van der Waals surface area contributed by atoms with Crippen LogP contribution in [-0.4, -0.2) is 29.3 Å². The molecule has 4 heteroatoms. The number of likely N-dealkylation sites (tertiary alicyclic amines) is 1. The predicted octanol–water partition coefficient (Wildman–Crippen LogP) is 3.76. The van der Waals surface area contributed by atoms with Gasteiger partial charge in [-0.2, -0.15) is 0 Å². The van der Waals surface area contributed by atoms with Gasteiger partial charge in [-0.1, -0.05) is 6.07 Å². The van der Waals surface area contributed by atoms with Gasteiger partial charge in [-0.15, -0.1) is 0 Å². The molecule has 21 heavy (non-hydrogen) atoms. The molecule has 2 nitrogen and oxygen atoms in total. The molecule has 1 heterocycles. The summed E-state index contributed by atoms with van der Waals surface area (Å²) in [5.41, 5.74) is 0.418. The highest BCUT2D eigenvalue weighted by atomic mass is 19.1. The zero-order valence-electron chi connectivity index (χ0n) is 13.1. The Bertz CT molecular complexity index is 536. The molecule has 1 aliphatic heterocycles. The van der Waals surface area contributed by atoms with Gasteiger partial charge in [0.25, 0.3) is 0 Å². The standard InChI is InChI=1S/C17H23F2NO/c1-11(21)13-7-8-20(17(2,3)4)10-15(13)14-6-5-12(18)9-16(14)19/h5-6,9,13,15H,7-8,10H2,1-4H3/t13-,15+/m0/s1. The van der Waals surface area contributed by atoms with E-state index in [4.69, 9.17) is 0 Å². The molecule has 0 spiro atoms. The summed E-state index contributed by atoms with van der Waals surface area (Å²) >= 11 is 0. The maximum atomic E-state index is 14.1. The van der Waals surface area contributed by atoms with Crippen LogP contribution < -0.4 is 0 Å². The van der Waals surface area contributed by atoms with Gasteiger partial charge in [0.2, 0.25) is 0 Å². The lowest BCUT2D eigenvalue weighted by Crippen LogP contribution is -2.50. The number of carbonyl (C=O) groups excluding carboxylic acids is 1. The van der Waals surface area contributed by atoms with Crippen molar-refractivity contribution in [3.05, 3.63) is 35.4 Å². The molecule has 1 aliphatic rings. The van der Waals surface area contributed by atoms with Gasteiger partial charge in [0.1, 0.15) is 17.4 Å². The van der Waals surface area contributed by atoms with E-state index < -0.39 is 11.6 Å². The molecule has 116 valence electrons. The van der Waals surface area contributed by atoms with E-state index in [1.165, 1.54) is 12.1 Å². The SMILES string of the molecule is CC(=O)[C@@H]1CCN(C(C)(C)C)C[C@H]1c1ccc(F)cc1F. The molecule has 0 radical (unpaired) electrons. The normalized spacial score (nSPS) is 24.1. The number of hydrogen-bond donors (Lipinski definition) is 0. The summed E-state index contributed by atoms with van der Waals surface area (Å²) in [5.74, 6) is -1.46. The topological polar surface area (TPSA) is 20.3 Å². The summed E-state index contributed by atoms with van der Waals surface area (Å²) < 4.78 is 27.2. The lowest BCUT2D eigenvalue weighted by Gasteiger charge is -2.44. The van der Waals surface area contributed by atoms with Crippen LogP contribution in [0.3, 0.4) is 0 Å². The number of Topliss-reactive ketones (excluding diaryl/α,β-unsaturated/α-hetero) is 1. The number of nitrogens with zero attached hydrogens (tertiary/aromatic N) is 1. The van der Waals surface area contributed by atoms with E-state index in [2.05, 4.69) is 25.7 Å². The van der Waals surface area contributed by atoms with Crippen molar-refractivity contribution in [1.82, 2.24) is 4.90 Å². The number of carbonyl (C=O) groups is 1. The first-order valence-electron chi connectivity index (χ1n) is 7.40. The van der Waals surface area contributed by atoms with Gasteiger partial charge in [-0.05, 0) is 52.3 Å². The van der Waals surface area contributed by atoms with E-state index in [1.54, 1.807) is 6.92 Å². The molecule has 1 fully saturated rings. The second kappa shape index (κ2) is 5.84. The van der Waals surface area contributed by atoms with Gasteiger partial charge in [-0.25, -0.2) is 8.78 Å². The zero-order valence-corrected chi connectivity index (χ0v) is 13.1. The Morgan fingerprint density at radius 1 is 1.29 bits per heavy atom. The van der Waals surface area contributed by atoms with Crippen LogP contribution in [-0.2, 0) is 4.79 Å². The van der Waals surface area contributed by atoms with E-state index in [-0.39, 0.29) is 23.2 Å². The average Bonchev–Trinajstić information content (AvgIpc) is 2.37. The minimum atomic E-state index is -0.584. The maximum absolute atomic E-state index is 14.1. The van der Waals surface area contributed by atoms with Crippen LogP contribution in [0.5, 0.6) is 0 Å². The fraction of sp³-hybridized carbons (Fsp3) is 0.588. The highest BCUT2D eigenvalue weighted by Crippen LogP contribution is 2.36. The average molecular weight is 295 g/mol. The van der Waals surface area contributed by atoms with Crippen LogP contribution in [0.1, 0.15) is 45.6 Å². The molecule has 0 N–H and O–H groups in total. The number of ketones is 1. The van der Waals surface area contributed by atoms with E-state index in [0.29, 0.717) is 18.5 Å². The molecule has 0 saturated carbocycles. The third-order valence-corrected chi connectivity index (χ3v) is 4.45. The molecule has 1 aromatic carbocycles. The molecule has 0 bridgehead atoms. The Balaban J connectivity index is 2.36. The van der Waals surface area contributed by atoms with Crippen molar-refractivity contribution in [3.8, 4) is 0 Å². The third kappa shape index (κ3) is 3.49. The van der Waals surface area contributed by atoms with Crippen LogP contribution in [0.15, 0.2) is 18.2 Å².